The van der Waals surface area contributed by atoms with E-state index in [2.05, 4.69) is 0 Å². The number of ether oxygens (including phenoxy) is 1. The van der Waals surface area contributed by atoms with Gasteiger partial charge in [-0.3, -0.25) is 10.2 Å². The van der Waals surface area contributed by atoms with Gasteiger partial charge in [0, 0.05) is 25.3 Å². The Hall–Kier alpha value is -1.92. The average molecular weight is 387 g/mol. The summed E-state index contributed by atoms with van der Waals surface area (Å²) in [6, 6.07) is 7.67. The van der Waals surface area contributed by atoms with Crippen LogP contribution in [0.2, 0.25) is 0 Å². The van der Waals surface area contributed by atoms with Crippen LogP contribution in [-0.2, 0) is 16.1 Å². The Bertz CT molecular complexity index is 681. The standard InChI is InChI=1S/C22H34N4O2/c1-26(18-6-4-7-18)22(27)20(23)16-11-9-15(10-12-16)13-28-14-17-5-2-3-8-19(17)21(24)25/h2-3,5,8,15-16,18,20H,4,6-7,9-14,23H2,1H3,(H3,24,25)/t15?,16?,20-/m0/s1. The Morgan fingerprint density at radius 2 is 1.89 bits per heavy atom. The summed E-state index contributed by atoms with van der Waals surface area (Å²) in [7, 11) is 1.91. The molecule has 0 saturated heterocycles. The van der Waals surface area contributed by atoms with Crippen molar-refractivity contribution in [2.45, 2.75) is 63.6 Å². The molecule has 3 rings (SSSR count). The van der Waals surface area contributed by atoms with E-state index in [0.29, 0.717) is 25.2 Å². The maximum Gasteiger partial charge on any atom is 0.239 e. The Morgan fingerprint density at radius 1 is 1.21 bits per heavy atom. The SMILES string of the molecule is CN(C(=O)[C@@H](N)C1CCC(COCc2ccccc2C(=N)N)CC1)C1CCC1. The molecule has 0 aromatic heterocycles. The molecule has 6 heteroatoms. The number of likely N-dealkylation sites (N-methyl/N-ethyl adjacent to an activating group) is 1. The summed E-state index contributed by atoms with van der Waals surface area (Å²) in [5.41, 5.74) is 13.7. The molecule has 28 heavy (non-hydrogen) atoms. The van der Waals surface area contributed by atoms with Crippen LogP contribution in [0.3, 0.4) is 0 Å². The third-order valence-corrected chi connectivity index (χ3v) is 6.57. The first kappa shape index (κ1) is 20.8. The van der Waals surface area contributed by atoms with Gasteiger partial charge in [0.1, 0.15) is 5.84 Å². The van der Waals surface area contributed by atoms with Crippen LogP contribution in [0.1, 0.15) is 56.1 Å². The monoisotopic (exact) mass is 386 g/mol. The smallest absolute Gasteiger partial charge is 0.239 e. The minimum Gasteiger partial charge on any atom is -0.384 e. The molecule has 0 heterocycles. The number of amides is 1. The average Bonchev–Trinajstić information content (AvgIpc) is 2.66. The van der Waals surface area contributed by atoms with E-state index in [4.69, 9.17) is 21.6 Å². The van der Waals surface area contributed by atoms with Gasteiger partial charge in [-0.15, -0.1) is 0 Å². The molecule has 0 aliphatic heterocycles. The van der Waals surface area contributed by atoms with Crippen molar-refractivity contribution in [3.8, 4) is 0 Å². The highest BCUT2D eigenvalue weighted by atomic mass is 16.5. The molecule has 2 fully saturated rings. The highest BCUT2D eigenvalue weighted by molar-refractivity contribution is 5.96. The van der Waals surface area contributed by atoms with Gasteiger partial charge in [0.05, 0.1) is 12.6 Å². The number of nitrogens with one attached hydrogen (secondary N) is 1. The molecule has 2 saturated carbocycles. The van der Waals surface area contributed by atoms with Gasteiger partial charge in [0.2, 0.25) is 5.91 Å². The summed E-state index contributed by atoms with van der Waals surface area (Å²) in [5, 5.41) is 7.66. The van der Waals surface area contributed by atoms with E-state index in [9.17, 15) is 4.79 Å². The van der Waals surface area contributed by atoms with E-state index < -0.39 is 0 Å². The number of carbonyl (C=O) groups is 1. The van der Waals surface area contributed by atoms with Crippen molar-refractivity contribution in [2.24, 2.45) is 23.3 Å². The molecule has 6 nitrogen and oxygen atoms in total. The lowest BCUT2D eigenvalue weighted by Crippen LogP contribution is -2.52. The Kier molecular flexibility index (Phi) is 7.08. The van der Waals surface area contributed by atoms with Gasteiger partial charge in [-0.05, 0) is 62.3 Å². The summed E-state index contributed by atoms with van der Waals surface area (Å²) in [4.78, 5) is 14.5. The summed E-state index contributed by atoms with van der Waals surface area (Å²) in [6.45, 7) is 1.17. The molecule has 5 N–H and O–H groups in total. The number of nitrogens with zero attached hydrogens (tertiary/aromatic N) is 1. The molecule has 2 aliphatic rings. The minimum atomic E-state index is -0.366. The highest BCUT2D eigenvalue weighted by Crippen LogP contribution is 2.32. The lowest BCUT2D eigenvalue weighted by Gasteiger charge is -2.38. The summed E-state index contributed by atoms with van der Waals surface area (Å²) in [6.07, 6.45) is 7.53. The zero-order valence-electron chi connectivity index (χ0n) is 16.9. The summed E-state index contributed by atoms with van der Waals surface area (Å²) >= 11 is 0. The molecule has 1 atom stereocenters. The second-order valence-electron chi connectivity index (χ2n) is 8.43. The van der Waals surface area contributed by atoms with Crippen LogP contribution in [0.5, 0.6) is 0 Å². The van der Waals surface area contributed by atoms with E-state index in [1.165, 1.54) is 6.42 Å². The van der Waals surface area contributed by atoms with Crippen LogP contribution in [-0.4, -0.2) is 42.4 Å². The first-order valence-corrected chi connectivity index (χ1v) is 10.5. The predicted octanol–water partition coefficient (Wildman–Crippen LogP) is 2.63. The normalized spacial score (nSPS) is 23.6. The quantitative estimate of drug-likeness (QED) is 0.472. The molecule has 0 unspecified atom stereocenters. The number of nitrogen functional groups attached to an aromatic ring is 1. The number of carbonyl (C=O) groups excluding carboxylic acids is 1. The van der Waals surface area contributed by atoms with Crippen LogP contribution >= 0.6 is 0 Å². The van der Waals surface area contributed by atoms with Crippen molar-refractivity contribution >= 4 is 11.7 Å². The molecular formula is C22H34N4O2. The van der Waals surface area contributed by atoms with Crippen LogP contribution < -0.4 is 11.5 Å². The molecule has 1 aromatic carbocycles. The van der Waals surface area contributed by atoms with Gasteiger partial charge < -0.3 is 21.1 Å². The number of hydrogen-bond acceptors (Lipinski definition) is 4. The van der Waals surface area contributed by atoms with Gasteiger partial charge in [-0.1, -0.05) is 24.3 Å². The molecule has 0 bridgehead atoms. The topological polar surface area (TPSA) is 105 Å². The van der Waals surface area contributed by atoms with E-state index in [1.54, 1.807) is 0 Å². The Labute approximate surface area is 168 Å². The van der Waals surface area contributed by atoms with Crippen LogP contribution in [0.4, 0.5) is 0 Å². The van der Waals surface area contributed by atoms with E-state index >= 15 is 0 Å². The largest absolute Gasteiger partial charge is 0.384 e. The molecule has 0 spiro atoms. The Balaban J connectivity index is 1.40. The number of benzene rings is 1. The van der Waals surface area contributed by atoms with E-state index in [0.717, 1.165) is 49.7 Å². The molecule has 0 radical (unpaired) electrons. The van der Waals surface area contributed by atoms with Crippen LogP contribution in [0.25, 0.3) is 0 Å². The fourth-order valence-electron chi connectivity index (χ4n) is 4.35. The van der Waals surface area contributed by atoms with Crippen molar-refractivity contribution in [1.29, 1.82) is 5.41 Å². The predicted molar refractivity (Wildman–Crippen MR) is 111 cm³/mol. The van der Waals surface area contributed by atoms with Crippen molar-refractivity contribution in [2.75, 3.05) is 13.7 Å². The van der Waals surface area contributed by atoms with Gasteiger partial charge >= 0.3 is 0 Å². The fraction of sp³-hybridized carbons (Fsp3) is 0.636. The summed E-state index contributed by atoms with van der Waals surface area (Å²) in [5.74, 6) is 0.979. The van der Waals surface area contributed by atoms with Crippen LogP contribution in [0.15, 0.2) is 24.3 Å². The molecule has 1 aromatic rings. The minimum absolute atomic E-state index is 0.0743. The van der Waals surface area contributed by atoms with Gasteiger partial charge in [0.15, 0.2) is 0 Å². The van der Waals surface area contributed by atoms with Gasteiger partial charge in [-0.25, -0.2) is 0 Å². The summed E-state index contributed by atoms with van der Waals surface area (Å²) < 4.78 is 5.93. The zero-order chi connectivity index (χ0) is 20.1. The second-order valence-corrected chi connectivity index (χ2v) is 8.43. The highest BCUT2D eigenvalue weighted by Gasteiger charge is 2.34. The maximum absolute atomic E-state index is 12.6. The molecular weight excluding hydrogens is 352 g/mol. The van der Waals surface area contributed by atoms with Gasteiger partial charge in [0.25, 0.3) is 0 Å². The Morgan fingerprint density at radius 3 is 2.50 bits per heavy atom. The van der Waals surface area contributed by atoms with E-state index in [1.807, 2.05) is 36.2 Å². The molecule has 2 aliphatic carbocycles. The third kappa shape index (κ3) is 4.92. The number of nitrogens with two attached hydrogens (primary N) is 2. The van der Waals surface area contributed by atoms with Crippen molar-refractivity contribution in [3.05, 3.63) is 35.4 Å². The lowest BCUT2D eigenvalue weighted by molar-refractivity contribution is -0.136. The number of amidine groups is 1. The molecule has 154 valence electrons. The van der Waals surface area contributed by atoms with Crippen molar-refractivity contribution < 1.29 is 9.53 Å². The first-order chi connectivity index (χ1) is 13.5. The van der Waals surface area contributed by atoms with E-state index in [-0.39, 0.29) is 23.7 Å². The van der Waals surface area contributed by atoms with Crippen molar-refractivity contribution in [1.82, 2.24) is 4.90 Å². The number of rotatable bonds is 8. The fourth-order valence-corrected chi connectivity index (χ4v) is 4.35. The van der Waals surface area contributed by atoms with Crippen LogP contribution in [0, 0.1) is 17.2 Å². The molecule has 1 amide bonds. The second kappa shape index (κ2) is 9.52. The van der Waals surface area contributed by atoms with Crippen molar-refractivity contribution in [3.63, 3.8) is 0 Å². The lowest BCUT2D eigenvalue weighted by atomic mass is 9.78. The zero-order valence-corrected chi connectivity index (χ0v) is 16.9. The van der Waals surface area contributed by atoms with Gasteiger partial charge in [-0.2, -0.15) is 0 Å². The number of hydrogen-bond donors (Lipinski definition) is 3. The maximum atomic E-state index is 12.6. The first-order valence-electron chi connectivity index (χ1n) is 10.5. The third-order valence-electron chi connectivity index (χ3n) is 6.57.